The lowest BCUT2D eigenvalue weighted by Crippen LogP contribution is -2.43. The highest BCUT2D eigenvalue weighted by Crippen LogP contribution is 2.73. The molecule has 6 atom stereocenters. The zero-order valence-corrected chi connectivity index (χ0v) is 33.4. The number of hydrogen-bond donors (Lipinski definition) is 0. The second-order valence-corrected chi connectivity index (χ2v) is 17.6. The van der Waals surface area contributed by atoms with Crippen LogP contribution < -0.4 is 14.4 Å². The number of allylic oxidation sites excluding steroid dienone is 4. The Morgan fingerprint density at radius 3 is 2.33 bits per heavy atom. The van der Waals surface area contributed by atoms with Crippen molar-refractivity contribution in [3.63, 3.8) is 0 Å². The molecule has 4 aliphatic carbocycles. The lowest BCUT2D eigenvalue weighted by atomic mass is 9.55. The number of morpholine rings is 1. The zero-order valence-electron chi connectivity index (χ0n) is 33.4. The maximum Gasteiger partial charge on any atom is 0.178 e. The average Bonchev–Trinajstić information content (AvgIpc) is 3.87. The molecule has 0 radical (unpaired) electrons. The van der Waals surface area contributed by atoms with Gasteiger partial charge in [0.25, 0.3) is 0 Å². The minimum absolute atomic E-state index is 0.200. The molecule has 286 valence electrons. The van der Waals surface area contributed by atoms with E-state index in [2.05, 4.69) is 170 Å². The molecule has 6 aliphatic rings. The second kappa shape index (κ2) is 12.3. The SMILES string of the molecule is COc1ccc2c(c1)C1(c3ccccc3C3C=CC=CC31C)c1c3c(c4cc(C5CC5C)ccc4c1-2)OC(c1ccccc1)(c1ccc(N2CCOCC2)cc1)C=C3. The molecule has 2 aliphatic heterocycles. The van der Waals surface area contributed by atoms with E-state index >= 15 is 0 Å². The first kappa shape index (κ1) is 34.2. The molecule has 4 nitrogen and oxygen atoms in total. The van der Waals surface area contributed by atoms with Crippen LogP contribution >= 0.6 is 0 Å². The molecule has 6 aromatic rings. The number of benzene rings is 6. The van der Waals surface area contributed by atoms with Crippen LogP contribution in [0, 0.1) is 11.3 Å². The molecule has 4 heteroatoms. The normalized spacial score (nSPS) is 28.1. The van der Waals surface area contributed by atoms with Gasteiger partial charge in [0.2, 0.25) is 0 Å². The van der Waals surface area contributed by atoms with Crippen molar-refractivity contribution < 1.29 is 14.2 Å². The standard InChI is InChI=1S/C54H47NO3/c1-34-31-44(34)35-16-22-40-45(32-35)51-43(24-26-53(58-51,36-11-5-4-6-12-36)37-17-19-38(20-18-37)55-27-29-57-30-28-55)50-49(40)42-23-21-39(56-3)33-48(42)54(50)47-15-8-7-13-41(47)46-14-9-10-25-52(46,54)2/h4-26,32-34,44,46H,27-31H2,1-3H3. The number of anilines is 1. The summed E-state index contributed by atoms with van der Waals surface area (Å²) in [5, 5.41) is 2.43. The predicted octanol–water partition coefficient (Wildman–Crippen LogP) is 11.7. The van der Waals surface area contributed by atoms with Crippen LogP contribution in [0.5, 0.6) is 11.5 Å². The monoisotopic (exact) mass is 757 g/mol. The number of ether oxygens (including phenoxy) is 3. The van der Waals surface area contributed by atoms with Gasteiger partial charge in [-0.1, -0.05) is 129 Å². The highest BCUT2D eigenvalue weighted by atomic mass is 16.5. The summed E-state index contributed by atoms with van der Waals surface area (Å²) in [6.45, 7) is 8.17. The minimum Gasteiger partial charge on any atom is -0.497 e. The molecule has 0 bridgehead atoms. The van der Waals surface area contributed by atoms with Gasteiger partial charge in [-0.05, 0) is 99.0 Å². The summed E-state index contributed by atoms with van der Waals surface area (Å²) in [5.74, 6) is 3.30. The summed E-state index contributed by atoms with van der Waals surface area (Å²) in [4.78, 5) is 2.42. The molecule has 0 aromatic heterocycles. The molecule has 6 unspecified atom stereocenters. The highest BCUT2D eigenvalue weighted by molar-refractivity contribution is 6.10. The van der Waals surface area contributed by atoms with Crippen molar-refractivity contribution in [2.45, 2.75) is 43.1 Å². The number of nitrogens with zero attached hydrogens (tertiary/aromatic N) is 1. The summed E-state index contributed by atoms with van der Waals surface area (Å²) in [5.41, 5.74) is 12.3. The molecule has 1 saturated heterocycles. The van der Waals surface area contributed by atoms with E-state index in [0.717, 1.165) is 48.9 Å². The molecule has 0 N–H and O–H groups in total. The Morgan fingerprint density at radius 1 is 0.759 bits per heavy atom. The molecular formula is C54H47NO3. The Labute approximate surface area is 341 Å². The fourth-order valence-electron chi connectivity index (χ4n) is 11.8. The molecule has 58 heavy (non-hydrogen) atoms. The van der Waals surface area contributed by atoms with Crippen LogP contribution in [0.2, 0.25) is 0 Å². The zero-order chi connectivity index (χ0) is 38.8. The van der Waals surface area contributed by atoms with Crippen molar-refractivity contribution in [1.82, 2.24) is 0 Å². The quantitative estimate of drug-likeness (QED) is 0.175. The van der Waals surface area contributed by atoms with Crippen molar-refractivity contribution in [2.75, 3.05) is 38.3 Å². The largest absolute Gasteiger partial charge is 0.497 e. The maximum absolute atomic E-state index is 7.92. The van der Waals surface area contributed by atoms with Crippen LogP contribution in [-0.4, -0.2) is 33.4 Å². The Bertz CT molecular complexity index is 2760. The van der Waals surface area contributed by atoms with Crippen molar-refractivity contribution in [3.8, 4) is 22.6 Å². The third kappa shape index (κ3) is 4.44. The summed E-state index contributed by atoms with van der Waals surface area (Å²) >= 11 is 0. The van der Waals surface area contributed by atoms with E-state index in [4.69, 9.17) is 14.2 Å². The topological polar surface area (TPSA) is 30.9 Å². The maximum atomic E-state index is 7.92. The number of methoxy groups -OCH3 is 1. The third-order valence-corrected chi connectivity index (χ3v) is 14.8. The van der Waals surface area contributed by atoms with Crippen LogP contribution in [0.25, 0.3) is 28.0 Å². The second-order valence-electron chi connectivity index (χ2n) is 17.6. The summed E-state index contributed by atoms with van der Waals surface area (Å²) in [6, 6.07) is 43.2. The van der Waals surface area contributed by atoms with Gasteiger partial charge < -0.3 is 19.1 Å². The van der Waals surface area contributed by atoms with Crippen molar-refractivity contribution in [3.05, 3.63) is 190 Å². The van der Waals surface area contributed by atoms with Gasteiger partial charge in [0.05, 0.1) is 25.7 Å². The van der Waals surface area contributed by atoms with Crippen molar-refractivity contribution >= 4 is 22.5 Å². The Kier molecular flexibility index (Phi) is 7.28. The Balaban J connectivity index is 1.17. The molecule has 2 heterocycles. The van der Waals surface area contributed by atoms with E-state index in [1.807, 2.05) is 0 Å². The molecular weight excluding hydrogens is 711 g/mol. The van der Waals surface area contributed by atoms with E-state index in [-0.39, 0.29) is 11.3 Å². The van der Waals surface area contributed by atoms with Crippen LogP contribution in [0.3, 0.4) is 0 Å². The van der Waals surface area contributed by atoms with Crippen LogP contribution in [0.1, 0.15) is 76.6 Å². The Morgan fingerprint density at radius 2 is 1.53 bits per heavy atom. The number of rotatable bonds is 5. The van der Waals surface area contributed by atoms with Crippen LogP contribution in [-0.2, 0) is 15.8 Å². The summed E-state index contributed by atoms with van der Waals surface area (Å²) in [6.07, 6.45) is 15.4. The van der Waals surface area contributed by atoms with Crippen molar-refractivity contribution in [2.24, 2.45) is 11.3 Å². The van der Waals surface area contributed by atoms with Crippen molar-refractivity contribution in [1.29, 1.82) is 0 Å². The Hall–Kier alpha value is -5.84. The first-order chi connectivity index (χ1) is 28.5. The molecule has 12 rings (SSSR count). The fourth-order valence-corrected chi connectivity index (χ4v) is 11.8. The van der Waals surface area contributed by atoms with Gasteiger partial charge in [0.15, 0.2) is 5.60 Å². The van der Waals surface area contributed by atoms with Gasteiger partial charge in [-0.25, -0.2) is 0 Å². The first-order valence-corrected chi connectivity index (χ1v) is 21.1. The van der Waals surface area contributed by atoms with Gasteiger partial charge in [-0.15, -0.1) is 0 Å². The lowest BCUT2D eigenvalue weighted by molar-refractivity contribution is 0.122. The molecule has 1 saturated carbocycles. The van der Waals surface area contributed by atoms with Crippen LogP contribution in [0.15, 0.2) is 146 Å². The highest BCUT2D eigenvalue weighted by Gasteiger charge is 2.65. The van der Waals surface area contributed by atoms with Gasteiger partial charge in [0.1, 0.15) is 11.5 Å². The van der Waals surface area contributed by atoms with Crippen LogP contribution in [0.4, 0.5) is 5.69 Å². The minimum atomic E-state index is -0.850. The average molecular weight is 758 g/mol. The van der Waals surface area contributed by atoms with Gasteiger partial charge in [-0.2, -0.15) is 0 Å². The fraction of sp³-hybridized carbons (Fsp3) is 0.259. The van der Waals surface area contributed by atoms with Gasteiger partial charge in [0, 0.05) is 52.2 Å². The van der Waals surface area contributed by atoms with E-state index in [1.54, 1.807) is 7.11 Å². The molecule has 0 amide bonds. The molecule has 6 aromatic carbocycles. The summed E-state index contributed by atoms with van der Waals surface area (Å²) in [7, 11) is 1.79. The van der Waals surface area contributed by atoms with E-state index in [0.29, 0.717) is 11.8 Å². The lowest BCUT2D eigenvalue weighted by Gasteiger charge is -2.46. The first-order valence-electron chi connectivity index (χ1n) is 21.1. The predicted molar refractivity (Wildman–Crippen MR) is 234 cm³/mol. The van der Waals surface area contributed by atoms with Gasteiger partial charge >= 0.3 is 0 Å². The van der Waals surface area contributed by atoms with Gasteiger partial charge in [-0.3, -0.25) is 0 Å². The van der Waals surface area contributed by atoms with E-state index in [9.17, 15) is 0 Å². The smallest absolute Gasteiger partial charge is 0.178 e. The molecule has 1 spiro atoms. The molecule has 2 fully saturated rings. The number of hydrogen-bond acceptors (Lipinski definition) is 4. The number of fused-ring (bicyclic) bond motifs is 15. The van der Waals surface area contributed by atoms with E-state index in [1.165, 1.54) is 67.4 Å². The van der Waals surface area contributed by atoms with E-state index < -0.39 is 11.0 Å². The third-order valence-electron chi connectivity index (χ3n) is 14.8. The summed E-state index contributed by atoms with van der Waals surface area (Å²) < 4.78 is 19.7.